The Kier molecular flexibility index (Phi) is 31.9. The minimum Gasteiger partial charge on any atom is -0.497 e. The van der Waals surface area contributed by atoms with Crippen molar-refractivity contribution in [3.63, 3.8) is 0 Å². The van der Waals surface area contributed by atoms with Crippen molar-refractivity contribution in [3.8, 4) is 17.6 Å². The summed E-state index contributed by atoms with van der Waals surface area (Å²) in [7, 11) is 1.69. The molecule has 3 aliphatic carbocycles. The summed E-state index contributed by atoms with van der Waals surface area (Å²) in [4.78, 5) is 12.0. The zero-order valence-corrected chi connectivity index (χ0v) is 54.6. The van der Waals surface area contributed by atoms with Gasteiger partial charge in [0.1, 0.15) is 11.9 Å². The molecule has 11 rings (SSSR count). The minimum atomic E-state index is 0.257. The summed E-state index contributed by atoms with van der Waals surface area (Å²) in [5, 5.41) is 0. The maximum atomic E-state index is 5.11. The van der Waals surface area contributed by atoms with E-state index >= 15 is 0 Å². The van der Waals surface area contributed by atoms with E-state index < -0.39 is 0 Å². The third-order valence-electron chi connectivity index (χ3n) is 16.1. The summed E-state index contributed by atoms with van der Waals surface area (Å²) in [6.45, 7) is 41.3. The molecule has 5 aliphatic rings. The maximum absolute atomic E-state index is 5.11. The van der Waals surface area contributed by atoms with Gasteiger partial charge in [0.2, 0.25) is 0 Å². The van der Waals surface area contributed by atoms with Gasteiger partial charge in [0.15, 0.2) is 0 Å². The second-order valence-corrected chi connectivity index (χ2v) is 25.2. The number of methoxy groups -OCH3 is 1. The topological polar surface area (TPSA) is 69.7 Å². The third-order valence-corrected chi connectivity index (χ3v) is 16.1. The lowest BCUT2D eigenvalue weighted by Crippen LogP contribution is -2.46. The van der Waals surface area contributed by atoms with Crippen molar-refractivity contribution in [1.29, 1.82) is 0 Å². The fourth-order valence-electron chi connectivity index (χ4n) is 10.1. The molecule has 4 fully saturated rings. The molecule has 3 aromatic carbocycles. The van der Waals surface area contributed by atoms with Crippen molar-refractivity contribution in [3.05, 3.63) is 197 Å². The lowest BCUT2D eigenvalue weighted by molar-refractivity contribution is -0.0123. The van der Waals surface area contributed by atoms with Crippen molar-refractivity contribution in [2.45, 2.75) is 211 Å². The number of hydrogen-bond acceptors (Lipinski definition) is 6. The van der Waals surface area contributed by atoms with Gasteiger partial charge in [-0.25, -0.2) is 0 Å². The smallest absolute Gasteiger partial charge is 0.120 e. The first kappa shape index (κ1) is 70.2. The first-order valence-corrected chi connectivity index (χ1v) is 30.9. The number of pyridine rings is 2. The van der Waals surface area contributed by atoms with Gasteiger partial charge in [0.25, 0.3) is 0 Å². The van der Waals surface area contributed by atoms with E-state index in [0.717, 1.165) is 31.2 Å². The lowest BCUT2D eigenvalue weighted by atomic mass is 9.49. The van der Waals surface area contributed by atoms with Crippen molar-refractivity contribution >= 4 is 6.21 Å². The number of aryl methyl sites for hydroxylation is 2. The van der Waals surface area contributed by atoms with Crippen molar-refractivity contribution in [2.75, 3.05) is 20.3 Å². The van der Waals surface area contributed by atoms with Crippen molar-refractivity contribution in [1.82, 2.24) is 9.97 Å². The zero-order chi connectivity index (χ0) is 60.7. The van der Waals surface area contributed by atoms with E-state index in [1.807, 2.05) is 61.2 Å². The molecule has 3 saturated carbocycles. The van der Waals surface area contributed by atoms with Crippen LogP contribution in [0.25, 0.3) is 0 Å². The maximum Gasteiger partial charge on any atom is 0.120 e. The number of allylic oxidation sites excluding steroid dienone is 1. The van der Waals surface area contributed by atoms with E-state index in [1.54, 1.807) is 31.4 Å². The van der Waals surface area contributed by atoms with Gasteiger partial charge in [-0.05, 0) is 180 Å². The second-order valence-electron chi connectivity index (χ2n) is 25.2. The normalized spacial score (nSPS) is 18.0. The van der Waals surface area contributed by atoms with Gasteiger partial charge >= 0.3 is 0 Å². The van der Waals surface area contributed by atoms with E-state index in [-0.39, 0.29) is 6.10 Å². The summed E-state index contributed by atoms with van der Waals surface area (Å²) >= 11 is 0. The summed E-state index contributed by atoms with van der Waals surface area (Å²) in [5.41, 5.74) is 13.7. The Morgan fingerprint density at radius 2 is 1.12 bits per heavy atom. The fourth-order valence-corrected chi connectivity index (χ4v) is 10.1. The Morgan fingerprint density at radius 3 is 1.50 bits per heavy atom. The third kappa shape index (κ3) is 25.6. The number of hydrogen-bond donors (Lipinski definition) is 0. The van der Waals surface area contributed by atoms with E-state index in [2.05, 4.69) is 224 Å². The molecule has 2 aliphatic heterocycles. The lowest BCUT2D eigenvalue weighted by Gasteiger charge is -2.56. The predicted molar refractivity (Wildman–Crippen MR) is 353 cm³/mol. The number of rotatable bonds is 9. The highest BCUT2D eigenvalue weighted by molar-refractivity contribution is 5.81. The molecule has 0 radical (unpaired) electrons. The Bertz CT molecular complexity index is 2650. The van der Waals surface area contributed by atoms with Gasteiger partial charge in [-0.2, -0.15) is 0 Å². The highest BCUT2D eigenvalue weighted by atomic mass is 16.5. The van der Waals surface area contributed by atoms with Crippen LogP contribution in [-0.4, -0.2) is 42.5 Å². The molecule has 1 atom stereocenters. The second kappa shape index (κ2) is 37.2. The number of fused-ring (bicyclic) bond motifs is 3. The molecule has 6 aromatic rings. The van der Waals surface area contributed by atoms with E-state index in [4.69, 9.17) is 13.9 Å². The number of aromatic nitrogens is 2. The van der Waals surface area contributed by atoms with Gasteiger partial charge in [-0.3, -0.25) is 15.0 Å². The monoisotopic (exact) mass is 1110 g/mol. The highest BCUT2D eigenvalue weighted by Gasteiger charge is 2.50. The van der Waals surface area contributed by atoms with E-state index in [1.165, 1.54) is 83.0 Å². The largest absolute Gasteiger partial charge is 0.497 e. The van der Waals surface area contributed by atoms with Gasteiger partial charge < -0.3 is 13.9 Å². The molecular formula is C76H109N3O3. The summed E-state index contributed by atoms with van der Waals surface area (Å²) < 4.78 is 15.1. The highest BCUT2D eigenvalue weighted by Crippen LogP contribution is 2.60. The first-order chi connectivity index (χ1) is 39.0. The number of nitrogens with zero attached hydrogens (tertiary/aromatic N) is 3. The molecular weight excluding hydrogens is 1000 g/mol. The summed E-state index contributed by atoms with van der Waals surface area (Å²) in [6.07, 6.45) is 25.0. The molecule has 5 heterocycles. The van der Waals surface area contributed by atoms with Crippen LogP contribution < -0.4 is 4.74 Å². The molecule has 1 saturated heterocycles. The van der Waals surface area contributed by atoms with E-state index in [0.29, 0.717) is 52.3 Å². The number of benzene rings is 3. The van der Waals surface area contributed by atoms with E-state index in [9.17, 15) is 0 Å². The average Bonchev–Trinajstić information content (AvgIpc) is 3.76. The average molecular weight is 1110 g/mol. The Morgan fingerprint density at radius 1 is 0.549 bits per heavy atom. The molecule has 0 N–H and O–H groups in total. The van der Waals surface area contributed by atoms with Crippen LogP contribution in [0.3, 0.4) is 0 Å². The Labute approximate surface area is 500 Å². The molecule has 6 nitrogen and oxygen atoms in total. The van der Waals surface area contributed by atoms with Crippen LogP contribution in [0.1, 0.15) is 230 Å². The minimum absolute atomic E-state index is 0.257. The number of aliphatic imine (C=N–C) groups is 1. The molecule has 2 bridgehead atoms. The number of ether oxygens (including phenoxy) is 2. The fraction of sp³-hybridized carbons (Fsp3) is 0.513. The molecule has 3 aromatic heterocycles. The summed E-state index contributed by atoms with van der Waals surface area (Å²) in [5.74, 6) is 12.1. The van der Waals surface area contributed by atoms with Crippen molar-refractivity contribution < 1.29 is 13.9 Å². The molecule has 446 valence electrons. The molecule has 6 heteroatoms. The molecule has 82 heavy (non-hydrogen) atoms. The van der Waals surface area contributed by atoms with Crippen LogP contribution in [0.15, 0.2) is 162 Å². The van der Waals surface area contributed by atoms with Crippen LogP contribution >= 0.6 is 0 Å². The van der Waals surface area contributed by atoms with Crippen LogP contribution in [-0.2, 0) is 10.2 Å². The van der Waals surface area contributed by atoms with Gasteiger partial charge in [-0.1, -0.05) is 207 Å². The molecule has 0 spiro atoms. The predicted octanol–water partition coefficient (Wildman–Crippen LogP) is 21.1. The van der Waals surface area contributed by atoms with Crippen molar-refractivity contribution in [2.24, 2.45) is 28.2 Å². The summed E-state index contributed by atoms with van der Waals surface area (Å²) in [6, 6.07) is 36.3. The number of furan rings is 1. The quantitative estimate of drug-likeness (QED) is 0.135. The standard InChI is InChI=1S/C17H24.C11H16.C10H14O.2C8H11N.C8H12O.C7H11N.C7H10O/c1-14(2)16-8-11-17(12-9-16,13-10-16)15-6-4-3-5-7-15;1-8(2)11-6-9(3)5-10(4)7-11;1-8(2)9-5-4-6-10(7-9)11-3;1-7(2)8-3-5-9-6-4-8;1-7(2)8-4-3-5-9-6-8;1-7(2)3-4-8-5-6-9-8;2*1-6(2)7-3-4-8-5-7/h3-7,14H,8-13H2,1-2H3;5-8H,1-4H3;4-8H,1-3H3;2*3-7H,1-2H3;7-8H,5-6H2,1-2H3;3,5-6H,4H2,1-2H3;3-6H,1-2H3. The van der Waals surface area contributed by atoms with Crippen LogP contribution in [0.4, 0.5) is 0 Å². The zero-order valence-electron chi connectivity index (χ0n) is 54.6. The van der Waals surface area contributed by atoms with Gasteiger partial charge in [0.05, 0.1) is 32.8 Å². The first-order valence-electron chi connectivity index (χ1n) is 30.9. The van der Waals surface area contributed by atoms with Crippen LogP contribution in [0.2, 0.25) is 0 Å². The molecule has 0 amide bonds. The van der Waals surface area contributed by atoms with Crippen LogP contribution in [0, 0.1) is 48.9 Å². The SMILES string of the molecule is CC(C)C#CC1CCO1.CC(C)C12CCC(c3ccccc3)(CC1)CC2.CC(C)C1=CCN=C1.CC(C)c1cccnc1.CC(C)c1ccncc1.CC(C)c1ccoc1.COc1cccc(C(C)C)c1.Cc1cc(C)cc(C(C)C)c1. The Balaban J connectivity index is 0.000000250. The van der Waals surface area contributed by atoms with Crippen LogP contribution in [0.5, 0.6) is 5.75 Å². The van der Waals surface area contributed by atoms with Gasteiger partial charge in [0, 0.05) is 43.3 Å². The molecule has 1 unspecified atom stereocenters. The Hall–Kier alpha value is -6.03. The van der Waals surface area contributed by atoms with Gasteiger partial charge in [-0.15, -0.1) is 0 Å².